The van der Waals surface area contributed by atoms with Gasteiger partial charge in [0.15, 0.2) is 0 Å². The first-order valence-corrected chi connectivity index (χ1v) is 8.39. The number of aryl methyl sites for hydroxylation is 1. The highest BCUT2D eigenvalue weighted by Gasteiger charge is 2.26. The van der Waals surface area contributed by atoms with Gasteiger partial charge >= 0.3 is 5.97 Å². The molecule has 1 aromatic rings. The van der Waals surface area contributed by atoms with Crippen molar-refractivity contribution in [1.82, 2.24) is 4.90 Å². The van der Waals surface area contributed by atoms with E-state index < -0.39 is 5.97 Å². The first-order chi connectivity index (χ1) is 10.6. The maximum absolute atomic E-state index is 12.2. The molecule has 116 valence electrons. The zero-order valence-corrected chi connectivity index (χ0v) is 13.4. The summed E-state index contributed by atoms with van der Waals surface area (Å²) in [4.78, 5) is 27.6. The Morgan fingerprint density at radius 3 is 2.86 bits per heavy atom. The van der Waals surface area contributed by atoms with Crippen molar-refractivity contribution in [3.8, 4) is 0 Å². The third-order valence-electron chi connectivity index (χ3n) is 3.91. The van der Waals surface area contributed by atoms with Crippen LogP contribution in [0, 0.1) is 6.92 Å². The summed E-state index contributed by atoms with van der Waals surface area (Å²) < 4.78 is 5.26. The fourth-order valence-electron chi connectivity index (χ4n) is 2.69. The SMILES string of the molecule is Cc1ccc2c(c1)S/C(=C\C(=O)OCN1CCCCC1)C2=O. The van der Waals surface area contributed by atoms with E-state index in [1.54, 1.807) is 0 Å². The largest absolute Gasteiger partial charge is 0.446 e. The fourth-order valence-corrected chi connectivity index (χ4v) is 3.80. The topological polar surface area (TPSA) is 46.6 Å². The van der Waals surface area contributed by atoms with Crippen molar-refractivity contribution < 1.29 is 14.3 Å². The number of hydrogen-bond acceptors (Lipinski definition) is 5. The van der Waals surface area contributed by atoms with Crippen LogP contribution in [-0.4, -0.2) is 36.5 Å². The predicted molar refractivity (Wildman–Crippen MR) is 85.8 cm³/mol. The number of piperidine rings is 1. The van der Waals surface area contributed by atoms with Crippen molar-refractivity contribution in [2.24, 2.45) is 0 Å². The number of carbonyl (C=O) groups excluding carboxylic acids is 2. The first-order valence-electron chi connectivity index (χ1n) is 7.57. The lowest BCUT2D eigenvalue weighted by Gasteiger charge is -2.25. The molecule has 0 aromatic heterocycles. The van der Waals surface area contributed by atoms with Gasteiger partial charge in [-0.3, -0.25) is 9.69 Å². The van der Waals surface area contributed by atoms with Gasteiger partial charge in [0.25, 0.3) is 0 Å². The highest BCUT2D eigenvalue weighted by atomic mass is 32.2. The number of nitrogens with zero attached hydrogens (tertiary/aromatic N) is 1. The van der Waals surface area contributed by atoms with Crippen molar-refractivity contribution in [3.63, 3.8) is 0 Å². The molecule has 2 heterocycles. The monoisotopic (exact) mass is 317 g/mol. The van der Waals surface area contributed by atoms with E-state index in [1.165, 1.54) is 24.3 Å². The molecular formula is C17H19NO3S. The second kappa shape index (κ2) is 6.67. The lowest BCUT2D eigenvalue weighted by Crippen LogP contribution is -2.32. The summed E-state index contributed by atoms with van der Waals surface area (Å²) in [7, 11) is 0. The average molecular weight is 317 g/mol. The molecule has 1 aromatic carbocycles. The third kappa shape index (κ3) is 3.42. The number of rotatable bonds is 3. The van der Waals surface area contributed by atoms with Crippen LogP contribution in [0.25, 0.3) is 0 Å². The van der Waals surface area contributed by atoms with Crippen LogP contribution in [0.2, 0.25) is 0 Å². The number of ether oxygens (including phenoxy) is 1. The standard InChI is InChI=1S/C17H19NO3S/c1-12-5-6-13-14(9-12)22-15(17(13)20)10-16(19)21-11-18-7-3-2-4-8-18/h5-6,9-10H,2-4,7-8,11H2,1H3/b15-10-. The minimum absolute atomic E-state index is 0.0880. The van der Waals surface area contributed by atoms with Crippen LogP contribution in [0.1, 0.15) is 35.2 Å². The van der Waals surface area contributed by atoms with Crippen molar-refractivity contribution in [2.45, 2.75) is 31.1 Å². The van der Waals surface area contributed by atoms with E-state index >= 15 is 0 Å². The number of thioether (sulfide) groups is 1. The number of likely N-dealkylation sites (tertiary alicyclic amines) is 1. The maximum atomic E-state index is 12.2. The van der Waals surface area contributed by atoms with Gasteiger partial charge in [-0.05, 0) is 37.5 Å². The molecule has 0 spiro atoms. The molecule has 0 radical (unpaired) electrons. The van der Waals surface area contributed by atoms with Crippen LogP contribution in [0.5, 0.6) is 0 Å². The summed E-state index contributed by atoms with van der Waals surface area (Å²) in [5.41, 5.74) is 1.78. The summed E-state index contributed by atoms with van der Waals surface area (Å²) in [6.07, 6.45) is 4.88. The van der Waals surface area contributed by atoms with Crippen LogP contribution < -0.4 is 0 Å². The van der Waals surface area contributed by atoms with Crippen LogP contribution in [0.4, 0.5) is 0 Å². The molecule has 3 rings (SSSR count). The second-order valence-electron chi connectivity index (χ2n) is 5.71. The third-order valence-corrected chi connectivity index (χ3v) is 4.99. The van der Waals surface area contributed by atoms with Gasteiger partial charge < -0.3 is 4.74 Å². The van der Waals surface area contributed by atoms with E-state index in [1.807, 2.05) is 25.1 Å². The van der Waals surface area contributed by atoms with Crippen molar-refractivity contribution in [1.29, 1.82) is 0 Å². The van der Waals surface area contributed by atoms with E-state index in [-0.39, 0.29) is 5.78 Å². The molecular weight excluding hydrogens is 298 g/mol. The van der Waals surface area contributed by atoms with Gasteiger partial charge in [0.2, 0.25) is 5.78 Å². The number of ketones is 1. The quantitative estimate of drug-likeness (QED) is 0.633. The minimum Gasteiger partial charge on any atom is -0.446 e. The lowest BCUT2D eigenvalue weighted by atomic mass is 10.1. The van der Waals surface area contributed by atoms with Gasteiger partial charge in [0.05, 0.1) is 4.91 Å². The molecule has 2 aliphatic heterocycles. The van der Waals surface area contributed by atoms with Gasteiger partial charge in [-0.15, -0.1) is 0 Å². The van der Waals surface area contributed by atoms with E-state index in [0.717, 1.165) is 36.4 Å². The number of carbonyl (C=O) groups is 2. The lowest BCUT2D eigenvalue weighted by molar-refractivity contribution is -0.142. The minimum atomic E-state index is -0.439. The molecule has 0 aliphatic carbocycles. The highest BCUT2D eigenvalue weighted by Crippen LogP contribution is 2.40. The molecule has 22 heavy (non-hydrogen) atoms. The van der Waals surface area contributed by atoms with E-state index in [2.05, 4.69) is 4.90 Å². The van der Waals surface area contributed by atoms with Gasteiger partial charge in [-0.25, -0.2) is 4.79 Å². The number of Topliss-reactive ketones (excluding diaryl/α,β-unsaturated/α-hetero) is 1. The van der Waals surface area contributed by atoms with Crippen LogP contribution in [0.15, 0.2) is 34.1 Å². The Bertz CT molecular complexity index is 633. The van der Waals surface area contributed by atoms with Crippen LogP contribution >= 0.6 is 11.8 Å². The summed E-state index contributed by atoms with van der Waals surface area (Å²) in [5, 5.41) is 0. The van der Waals surface area contributed by atoms with Gasteiger partial charge in [-0.1, -0.05) is 24.2 Å². The Kier molecular flexibility index (Phi) is 4.64. The fraction of sp³-hybridized carbons (Fsp3) is 0.412. The summed E-state index contributed by atoms with van der Waals surface area (Å²) in [6.45, 7) is 4.25. The summed E-state index contributed by atoms with van der Waals surface area (Å²) in [6, 6.07) is 5.70. The van der Waals surface area contributed by atoms with Gasteiger partial charge in [0, 0.05) is 29.6 Å². The second-order valence-corrected chi connectivity index (χ2v) is 6.79. The highest BCUT2D eigenvalue weighted by molar-refractivity contribution is 8.04. The first kappa shape index (κ1) is 15.3. The molecule has 0 saturated carbocycles. The number of allylic oxidation sites excluding steroid dienone is 1. The molecule has 1 fully saturated rings. The van der Waals surface area contributed by atoms with E-state index in [4.69, 9.17) is 4.74 Å². The van der Waals surface area contributed by atoms with Crippen molar-refractivity contribution in [3.05, 3.63) is 40.3 Å². The molecule has 0 N–H and O–H groups in total. The Morgan fingerprint density at radius 1 is 1.32 bits per heavy atom. The molecule has 0 atom stereocenters. The number of hydrogen-bond donors (Lipinski definition) is 0. The maximum Gasteiger partial charge on any atom is 0.333 e. The van der Waals surface area contributed by atoms with Crippen molar-refractivity contribution in [2.75, 3.05) is 19.8 Å². The Morgan fingerprint density at radius 2 is 2.09 bits per heavy atom. The normalized spacial score (nSPS) is 20.2. The van der Waals surface area contributed by atoms with E-state index in [9.17, 15) is 9.59 Å². The molecule has 2 aliphatic rings. The number of fused-ring (bicyclic) bond motifs is 1. The summed E-state index contributed by atoms with van der Waals surface area (Å²) in [5.74, 6) is -0.527. The molecule has 0 bridgehead atoms. The zero-order chi connectivity index (χ0) is 15.5. The number of benzene rings is 1. The smallest absolute Gasteiger partial charge is 0.333 e. The molecule has 0 amide bonds. The van der Waals surface area contributed by atoms with Gasteiger partial charge in [-0.2, -0.15) is 0 Å². The number of esters is 1. The summed E-state index contributed by atoms with van der Waals surface area (Å²) >= 11 is 1.35. The van der Waals surface area contributed by atoms with Crippen LogP contribution in [0.3, 0.4) is 0 Å². The molecule has 4 nitrogen and oxygen atoms in total. The van der Waals surface area contributed by atoms with Gasteiger partial charge in [0.1, 0.15) is 6.73 Å². The predicted octanol–water partition coefficient (Wildman–Crippen LogP) is 3.15. The Hall–Kier alpha value is -1.59. The molecule has 0 unspecified atom stereocenters. The van der Waals surface area contributed by atoms with E-state index in [0.29, 0.717) is 17.2 Å². The Labute approximate surface area is 134 Å². The molecule has 5 heteroatoms. The zero-order valence-electron chi connectivity index (χ0n) is 12.6. The molecule has 1 saturated heterocycles. The average Bonchev–Trinajstić information content (AvgIpc) is 2.82. The Balaban J connectivity index is 1.61. The van der Waals surface area contributed by atoms with Crippen molar-refractivity contribution >= 4 is 23.5 Å². The van der Waals surface area contributed by atoms with Crippen LogP contribution in [-0.2, 0) is 9.53 Å².